The SMILES string of the molecule is CCOC(=O)CSc1nc2c(c(=O)[nH]1)C1(CCCCC1)Cc1ccccc1-2. The number of esters is 1. The molecule has 0 saturated heterocycles. The number of ether oxygens (including phenoxy) is 1. The maximum atomic E-state index is 13.1. The first-order chi connectivity index (χ1) is 13.1. The summed E-state index contributed by atoms with van der Waals surface area (Å²) in [5, 5.41) is 0.481. The van der Waals surface area contributed by atoms with Gasteiger partial charge in [0.05, 0.1) is 23.6 Å². The van der Waals surface area contributed by atoms with Gasteiger partial charge in [0.25, 0.3) is 5.56 Å². The molecule has 1 spiro atoms. The average molecular weight is 385 g/mol. The van der Waals surface area contributed by atoms with Gasteiger partial charge in [0.1, 0.15) is 0 Å². The summed E-state index contributed by atoms with van der Waals surface area (Å²) in [5.74, 6) is -0.158. The third kappa shape index (κ3) is 3.43. The van der Waals surface area contributed by atoms with Crippen LogP contribution >= 0.6 is 11.8 Å². The predicted molar refractivity (Wildman–Crippen MR) is 106 cm³/mol. The lowest BCUT2D eigenvalue weighted by molar-refractivity contribution is -0.139. The van der Waals surface area contributed by atoms with Gasteiger partial charge in [-0.1, -0.05) is 55.3 Å². The first kappa shape index (κ1) is 18.3. The van der Waals surface area contributed by atoms with Crippen LogP contribution < -0.4 is 5.56 Å². The zero-order chi connectivity index (χ0) is 18.9. The molecule has 27 heavy (non-hydrogen) atoms. The summed E-state index contributed by atoms with van der Waals surface area (Å²) in [5.41, 5.74) is 3.81. The Bertz CT molecular complexity index is 916. The first-order valence-electron chi connectivity index (χ1n) is 9.64. The second-order valence-corrected chi connectivity index (χ2v) is 8.33. The quantitative estimate of drug-likeness (QED) is 0.492. The molecule has 0 bridgehead atoms. The van der Waals surface area contributed by atoms with Gasteiger partial charge in [0, 0.05) is 11.0 Å². The summed E-state index contributed by atoms with van der Waals surface area (Å²) in [6.07, 6.45) is 6.53. The summed E-state index contributed by atoms with van der Waals surface area (Å²) in [4.78, 5) is 32.5. The Morgan fingerprint density at radius 1 is 1.26 bits per heavy atom. The van der Waals surface area contributed by atoms with Crippen molar-refractivity contribution in [2.75, 3.05) is 12.4 Å². The molecular weight excluding hydrogens is 360 g/mol. The molecule has 5 nitrogen and oxygen atoms in total. The van der Waals surface area contributed by atoms with Gasteiger partial charge in [-0.2, -0.15) is 0 Å². The molecule has 1 saturated carbocycles. The van der Waals surface area contributed by atoms with Gasteiger partial charge in [-0.3, -0.25) is 9.59 Å². The molecule has 1 N–H and O–H groups in total. The molecule has 1 aromatic carbocycles. The summed E-state index contributed by atoms with van der Waals surface area (Å²) in [6, 6.07) is 8.26. The first-order valence-corrected chi connectivity index (χ1v) is 10.6. The van der Waals surface area contributed by atoms with E-state index in [4.69, 9.17) is 9.72 Å². The number of thioether (sulfide) groups is 1. The van der Waals surface area contributed by atoms with Gasteiger partial charge in [0.15, 0.2) is 5.16 Å². The normalized spacial score (nSPS) is 17.2. The smallest absolute Gasteiger partial charge is 0.316 e. The highest BCUT2D eigenvalue weighted by molar-refractivity contribution is 7.99. The molecule has 2 aromatic rings. The molecule has 142 valence electrons. The second-order valence-electron chi connectivity index (χ2n) is 7.36. The number of H-pyrrole nitrogens is 1. The number of hydrogen-bond acceptors (Lipinski definition) is 5. The number of nitrogens with one attached hydrogen (secondary N) is 1. The van der Waals surface area contributed by atoms with Gasteiger partial charge in [-0.15, -0.1) is 0 Å². The van der Waals surface area contributed by atoms with Crippen LogP contribution in [0.25, 0.3) is 11.3 Å². The molecule has 0 atom stereocenters. The van der Waals surface area contributed by atoms with Crippen LogP contribution in [0.2, 0.25) is 0 Å². The van der Waals surface area contributed by atoms with E-state index in [1.54, 1.807) is 6.92 Å². The standard InChI is InChI=1S/C21H24N2O3S/c1-2-26-16(24)13-27-20-22-18-15-9-5-4-8-14(15)12-21(10-6-3-7-11-21)17(18)19(25)23-20/h4-5,8-9H,2-3,6-7,10-13H2,1H3,(H,22,23,25). The Kier molecular flexibility index (Phi) is 5.08. The van der Waals surface area contributed by atoms with Gasteiger partial charge in [-0.25, -0.2) is 4.98 Å². The number of hydrogen-bond donors (Lipinski definition) is 1. The van der Waals surface area contributed by atoms with Gasteiger partial charge >= 0.3 is 5.97 Å². The third-order valence-electron chi connectivity index (χ3n) is 5.67. The van der Waals surface area contributed by atoms with E-state index in [0.29, 0.717) is 11.8 Å². The maximum Gasteiger partial charge on any atom is 0.316 e. The van der Waals surface area contributed by atoms with Crippen LogP contribution in [0, 0.1) is 0 Å². The van der Waals surface area contributed by atoms with Gasteiger partial charge in [0.2, 0.25) is 0 Å². The molecule has 1 aromatic heterocycles. The topological polar surface area (TPSA) is 72.0 Å². The second kappa shape index (κ2) is 7.50. The van der Waals surface area contributed by atoms with Gasteiger partial charge < -0.3 is 9.72 Å². The highest BCUT2D eigenvalue weighted by Crippen LogP contribution is 2.48. The monoisotopic (exact) mass is 384 g/mol. The Morgan fingerprint density at radius 2 is 2.04 bits per heavy atom. The number of rotatable bonds is 4. The zero-order valence-corrected chi connectivity index (χ0v) is 16.4. The van der Waals surface area contributed by atoms with E-state index in [9.17, 15) is 9.59 Å². The number of aromatic nitrogens is 2. The molecule has 0 radical (unpaired) electrons. The van der Waals surface area contributed by atoms with Crippen molar-refractivity contribution in [3.05, 3.63) is 45.7 Å². The van der Waals surface area contributed by atoms with E-state index in [0.717, 1.165) is 48.9 Å². The Hall–Kier alpha value is -2.08. The van der Waals surface area contributed by atoms with Crippen LogP contribution in [0.1, 0.15) is 50.2 Å². The maximum absolute atomic E-state index is 13.1. The van der Waals surface area contributed by atoms with Crippen molar-refractivity contribution in [3.63, 3.8) is 0 Å². The van der Waals surface area contributed by atoms with Crippen molar-refractivity contribution < 1.29 is 9.53 Å². The average Bonchev–Trinajstić information content (AvgIpc) is 2.67. The summed E-state index contributed by atoms with van der Waals surface area (Å²) in [7, 11) is 0. The number of aromatic amines is 1. The molecule has 6 heteroatoms. The lowest BCUT2D eigenvalue weighted by Crippen LogP contribution is -2.40. The molecule has 1 heterocycles. The lowest BCUT2D eigenvalue weighted by atomic mass is 9.62. The molecule has 0 unspecified atom stereocenters. The molecule has 4 rings (SSSR count). The van der Waals surface area contributed by atoms with Crippen LogP contribution in [-0.4, -0.2) is 28.3 Å². The van der Waals surface area contributed by atoms with Gasteiger partial charge in [-0.05, 0) is 31.7 Å². The number of carbonyl (C=O) groups is 1. The Morgan fingerprint density at radius 3 is 2.81 bits per heavy atom. The fraction of sp³-hybridized carbons (Fsp3) is 0.476. The Balaban J connectivity index is 1.78. The zero-order valence-electron chi connectivity index (χ0n) is 15.5. The summed E-state index contributed by atoms with van der Waals surface area (Å²) < 4.78 is 4.97. The van der Waals surface area contributed by atoms with E-state index in [-0.39, 0.29) is 22.7 Å². The van der Waals surface area contributed by atoms with Crippen LogP contribution in [-0.2, 0) is 21.4 Å². The number of carbonyl (C=O) groups excluding carboxylic acids is 1. The molecule has 0 amide bonds. The van der Waals surface area contributed by atoms with Crippen molar-refractivity contribution in [1.29, 1.82) is 0 Å². The number of benzene rings is 1. The molecular formula is C21H24N2O3S. The fourth-order valence-corrected chi connectivity index (χ4v) is 5.21. The lowest BCUT2D eigenvalue weighted by Gasteiger charge is -2.41. The van der Waals surface area contributed by atoms with E-state index >= 15 is 0 Å². The molecule has 0 aliphatic heterocycles. The van der Waals surface area contributed by atoms with E-state index in [1.165, 1.54) is 23.7 Å². The summed E-state index contributed by atoms with van der Waals surface area (Å²) in [6.45, 7) is 2.13. The van der Waals surface area contributed by atoms with Crippen molar-refractivity contribution in [2.45, 2.75) is 56.0 Å². The highest BCUT2D eigenvalue weighted by atomic mass is 32.2. The van der Waals surface area contributed by atoms with Crippen molar-refractivity contribution in [2.24, 2.45) is 0 Å². The number of nitrogens with zero attached hydrogens (tertiary/aromatic N) is 1. The largest absolute Gasteiger partial charge is 0.465 e. The van der Waals surface area contributed by atoms with Crippen molar-refractivity contribution in [3.8, 4) is 11.3 Å². The van der Waals surface area contributed by atoms with Crippen LogP contribution in [0.5, 0.6) is 0 Å². The van der Waals surface area contributed by atoms with Crippen LogP contribution in [0.15, 0.2) is 34.2 Å². The fourth-order valence-electron chi connectivity index (χ4n) is 4.55. The molecule has 2 aliphatic carbocycles. The van der Waals surface area contributed by atoms with Crippen LogP contribution in [0.4, 0.5) is 0 Å². The van der Waals surface area contributed by atoms with Crippen LogP contribution in [0.3, 0.4) is 0 Å². The van der Waals surface area contributed by atoms with E-state index in [1.807, 2.05) is 6.07 Å². The summed E-state index contributed by atoms with van der Waals surface area (Å²) >= 11 is 1.22. The highest BCUT2D eigenvalue weighted by Gasteiger charge is 2.42. The number of fused-ring (bicyclic) bond motifs is 4. The third-order valence-corrected chi connectivity index (χ3v) is 6.52. The Labute approximate surface area is 162 Å². The predicted octanol–water partition coefficient (Wildman–Crippen LogP) is 3.85. The molecule has 1 fully saturated rings. The minimum absolute atomic E-state index is 0.0530. The van der Waals surface area contributed by atoms with Crippen molar-refractivity contribution in [1.82, 2.24) is 9.97 Å². The minimum Gasteiger partial charge on any atom is -0.465 e. The van der Waals surface area contributed by atoms with Crippen molar-refractivity contribution >= 4 is 17.7 Å². The minimum atomic E-state index is -0.299. The molecule has 2 aliphatic rings. The van der Waals surface area contributed by atoms with E-state index in [2.05, 4.69) is 23.2 Å². The van der Waals surface area contributed by atoms with E-state index < -0.39 is 0 Å².